The van der Waals surface area contributed by atoms with Gasteiger partial charge in [0.25, 0.3) is 5.91 Å². The lowest BCUT2D eigenvalue weighted by molar-refractivity contribution is 0.0727. The zero-order chi connectivity index (χ0) is 14.0. The molecular weight excluding hydrogens is 246 g/mol. The summed E-state index contributed by atoms with van der Waals surface area (Å²) in [6, 6.07) is 4.59. The summed E-state index contributed by atoms with van der Waals surface area (Å²) in [5.41, 5.74) is 0.0331. The number of phenolic OH excluding ortho intramolecular Hbond substituents is 1. The lowest BCUT2D eigenvalue weighted by Gasteiger charge is -2.28. The zero-order valence-corrected chi connectivity index (χ0v) is 11.4. The fraction of sp³-hybridized carbons (Fsp3) is 0.500. The molecule has 1 fully saturated rings. The molecule has 1 amide bonds. The average molecular weight is 265 g/mol. The Morgan fingerprint density at radius 3 is 2.84 bits per heavy atom. The Kier molecular flexibility index (Phi) is 3.66. The van der Waals surface area contributed by atoms with Gasteiger partial charge in [0.1, 0.15) is 0 Å². The van der Waals surface area contributed by atoms with Crippen molar-refractivity contribution in [3.05, 3.63) is 23.8 Å². The predicted octanol–water partition coefficient (Wildman–Crippen LogP) is 1.70. The summed E-state index contributed by atoms with van der Waals surface area (Å²) in [5.74, 6) is 0.0779. The van der Waals surface area contributed by atoms with Gasteiger partial charge in [0.2, 0.25) is 0 Å². The fourth-order valence-corrected chi connectivity index (χ4v) is 2.16. The van der Waals surface area contributed by atoms with E-state index in [1.807, 2.05) is 13.8 Å². The molecule has 2 N–H and O–H groups in total. The number of rotatable bonds is 3. The van der Waals surface area contributed by atoms with E-state index in [2.05, 4.69) is 5.32 Å². The molecule has 1 aliphatic rings. The molecule has 0 radical (unpaired) electrons. The van der Waals surface area contributed by atoms with Crippen molar-refractivity contribution in [2.75, 3.05) is 13.7 Å². The second-order valence-electron chi connectivity index (χ2n) is 5.02. The Hall–Kier alpha value is -1.75. The Morgan fingerprint density at radius 2 is 2.32 bits per heavy atom. The van der Waals surface area contributed by atoms with E-state index in [1.165, 1.54) is 13.2 Å². The highest BCUT2D eigenvalue weighted by Gasteiger charge is 2.38. The topological polar surface area (TPSA) is 67.8 Å². The van der Waals surface area contributed by atoms with E-state index in [4.69, 9.17) is 9.47 Å². The first-order valence-corrected chi connectivity index (χ1v) is 6.27. The van der Waals surface area contributed by atoms with Crippen LogP contribution in [0.1, 0.15) is 30.6 Å². The first-order chi connectivity index (χ1) is 8.96. The van der Waals surface area contributed by atoms with Crippen LogP contribution >= 0.6 is 0 Å². The molecule has 1 saturated heterocycles. The number of nitrogens with one attached hydrogen (secondary N) is 1. The lowest BCUT2D eigenvalue weighted by Crippen LogP contribution is -2.50. The predicted molar refractivity (Wildman–Crippen MR) is 70.6 cm³/mol. The van der Waals surface area contributed by atoms with Crippen LogP contribution < -0.4 is 10.1 Å². The van der Waals surface area contributed by atoms with Gasteiger partial charge in [0, 0.05) is 12.2 Å². The second-order valence-corrected chi connectivity index (χ2v) is 5.02. The standard InChI is InChI=1S/C14H19NO4/c1-9-14(2,6-7-19-9)15-13(17)10-4-5-12(18-3)11(16)8-10/h4-5,8-9,16H,6-7H2,1-3H3,(H,15,17). The second kappa shape index (κ2) is 5.09. The van der Waals surface area contributed by atoms with E-state index in [1.54, 1.807) is 12.1 Å². The highest BCUT2D eigenvalue weighted by Crippen LogP contribution is 2.28. The Balaban J connectivity index is 2.14. The van der Waals surface area contributed by atoms with Gasteiger partial charge in [-0.3, -0.25) is 4.79 Å². The number of hydrogen-bond donors (Lipinski definition) is 2. The van der Waals surface area contributed by atoms with E-state index in [-0.39, 0.29) is 23.3 Å². The van der Waals surface area contributed by atoms with Crippen LogP contribution in [0.2, 0.25) is 0 Å². The summed E-state index contributed by atoms with van der Waals surface area (Å²) in [7, 11) is 1.47. The summed E-state index contributed by atoms with van der Waals surface area (Å²) in [4.78, 5) is 12.2. The van der Waals surface area contributed by atoms with Crippen LogP contribution in [0.3, 0.4) is 0 Å². The van der Waals surface area contributed by atoms with Gasteiger partial charge in [-0.1, -0.05) is 0 Å². The van der Waals surface area contributed by atoms with Crippen LogP contribution in [0, 0.1) is 0 Å². The minimum Gasteiger partial charge on any atom is -0.504 e. The number of aromatic hydroxyl groups is 1. The summed E-state index contributed by atoms with van der Waals surface area (Å²) < 4.78 is 10.4. The molecular formula is C14H19NO4. The summed E-state index contributed by atoms with van der Waals surface area (Å²) in [6.45, 7) is 4.55. The van der Waals surface area contributed by atoms with Crippen molar-refractivity contribution >= 4 is 5.91 Å². The Labute approximate surface area is 112 Å². The molecule has 2 unspecified atom stereocenters. The van der Waals surface area contributed by atoms with Crippen LogP contribution in [0.15, 0.2) is 18.2 Å². The van der Waals surface area contributed by atoms with Crippen molar-refractivity contribution in [2.45, 2.75) is 31.9 Å². The molecule has 1 aromatic carbocycles. The smallest absolute Gasteiger partial charge is 0.251 e. The minimum atomic E-state index is -0.368. The van der Waals surface area contributed by atoms with E-state index in [0.29, 0.717) is 17.9 Å². The molecule has 0 aromatic heterocycles. The number of carbonyl (C=O) groups is 1. The molecule has 5 heteroatoms. The Morgan fingerprint density at radius 1 is 1.58 bits per heavy atom. The zero-order valence-electron chi connectivity index (χ0n) is 11.4. The van der Waals surface area contributed by atoms with Crippen LogP contribution in [0.5, 0.6) is 11.5 Å². The third-order valence-corrected chi connectivity index (χ3v) is 3.73. The highest BCUT2D eigenvalue weighted by molar-refractivity contribution is 5.95. The highest BCUT2D eigenvalue weighted by atomic mass is 16.5. The molecule has 1 heterocycles. The van der Waals surface area contributed by atoms with Crippen molar-refractivity contribution in [2.24, 2.45) is 0 Å². The van der Waals surface area contributed by atoms with Crippen molar-refractivity contribution in [3.8, 4) is 11.5 Å². The third-order valence-electron chi connectivity index (χ3n) is 3.73. The van der Waals surface area contributed by atoms with Gasteiger partial charge in [-0.2, -0.15) is 0 Å². The summed E-state index contributed by atoms with van der Waals surface area (Å²) in [6.07, 6.45) is 0.755. The number of benzene rings is 1. The van der Waals surface area contributed by atoms with Crippen molar-refractivity contribution in [1.82, 2.24) is 5.32 Å². The lowest BCUT2D eigenvalue weighted by atomic mass is 9.94. The van der Waals surface area contributed by atoms with Gasteiger partial charge in [0.05, 0.1) is 18.8 Å². The quantitative estimate of drug-likeness (QED) is 0.873. The molecule has 2 rings (SSSR count). The summed E-state index contributed by atoms with van der Waals surface area (Å²) in [5, 5.41) is 12.7. The molecule has 2 atom stereocenters. The van der Waals surface area contributed by atoms with Crippen LogP contribution in [-0.4, -0.2) is 36.4 Å². The van der Waals surface area contributed by atoms with Crippen LogP contribution in [-0.2, 0) is 4.74 Å². The van der Waals surface area contributed by atoms with E-state index in [9.17, 15) is 9.90 Å². The average Bonchev–Trinajstić information content (AvgIpc) is 2.69. The van der Waals surface area contributed by atoms with Crippen molar-refractivity contribution < 1.29 is 19.4 Å². The molecule has 104 valence electrons. The minimum absolute atomic E-state index is 0.0247. The SMILES string of the molecule is COc1ccc(C(=O)NC2(C)CCOC2C)cc1O. The monoisotopic (exact) mass is 265 g/mol. The molecule has 0 spiro atoms. The van der Waals surface area contributed by atoms with Gasteiger partial charge < -0.3 is 19.9 Å². The molecule has 1 aliphatic heterocycles. The van der Waals surface area contributed by atoms with Crippen molar-refractivity contribution in [3.63, 3.8) is 0 Å². The van der Waals surface area contributed by atoms with Gasteiger partial charge in [-0.25, -0.2) is 0 Å². The third kappa shape index (κ3) is 2.66. The molecule has 5 nitrogen and oxygen atoms in total. The van der Waals surface area contributed by atoms with Gasteiger partial charge in [-0.05, 0) is 38.5 Å². The van der Waals surface area contributed by atoms with Gasteiger partial charge >= 0.3 is 0 Å². The largest absolute Gasteiger partial charge is 0.504 e. The van der Waals surface area contributed by atoms with E-state index < -0.39 is 0 Å². The maximum atomic E-state index is 12.2. The first kappa shape index (κ1) is 13.7. The maximum absolute atomic E-state index is 12.2. The molecule has 0 saturated carbocycles. The number of hydrogen-bond acceptors (Lipinski definition) is 4. The number of ether oxygens (including phenoxy) is 2. The first-order valence-electron chi connectivity index (χ1n) is 6.27. The fourth-order valence-electron chi connectivity index (χ4n) is 2.16. The molecule has 19 heavy (non-hydrogen) atoms. The molecule has 0 bridgehead atoms. The maximum Gasteiger partial charge on any atom is 0.251 e. The van der Waals surface area contributed by atoms with Gasteiger partial charge in [0.15, 0.2) is 11.5 Å². The van der Waals surface area contributed by atoms with E-state index >= 15 is 0 Å². The van der Waals surface area contributed by atoms with Crippen molar-refractivity contribution in [1.29, 1.82) is 0 Å². The number of methoxy groups -OCH3 is 1. The van der Waals surface area contributed by atoms with Crippen LogP contribution in [0.25, 0.3) is 0 Å². The van der Waals surface area contributed by atoms with Crippen LogP contribution in [0.4, 0.5) is 0 Å². The number of phenols is 1. The Bertz CT molecular complexity index is 488. The normalized spacial score (nSPS) is 26.2. The number of carbonyl (C=O) groups excluding carboxylic acids is 1. The molecule has 1 aromatic rings. The molecule has 0 aliphatic carbocycles. The van der Waals surface area contributed by atoms with Gasteiger partial charge in [-0.15, -0.1) is 0 Å². The number of amides is 1. The summed E-state index contributed by atoms with van der Waals surface area (Å²) >= 11 is 0. The van der Waals surface area contributed by atoms with E-state index in [0.717, 1.165) is 6.42 Å².